The Morgan fingerprint density at radius 1 is 1.05 bits per heavy atom. The fourth-order valence-electron chi connectivity index (χ4n) is 2.73. The van der Waals surface area contributed by atoms with Gasteiger partial charge in [-0.1, -0.05) is 52.0 Å². The van der Waals surface area contributed by atoms with Gasteiger partial charge in [-0.05, 0) is 23.0 Å². The summed E-state index contributed by atoms with van der Waals surface area (Å²) in [6.07, 6.45) is 1.12. The van der Waals surface area contributed by atoms with E-state index in [2.05, 4.69) is 52.0 Å². The van der Waals surface area contributed by atoms with Crippen molar-refractivity contribution in [1.29, 1.82) is 0 Å². The van der Waals surface area contributed by atoms with Gasteiger partial charge in [-0.25, -0.2) is 0 Å². The lowest BCUT2D eigenvalue weighted by atomic mass is 9.74. The molecule has 1 aliphatic rings. The molecule has 19 heavy (non-hydrogen) atoms. The molecule has 2 heteroatoms. The Kier molecular flexibility index (Phi) is 4.03. The summed E-state index contributed by atoms with van der Waals surface area (Å²) >= 11 is 0. The van der Waals surface area contributed by atoms with E-state index in [0.717, 1.165) is 19.6 Å². The highest BCUT2D eigenvalue weighted by Gasteiger charge is 2.32. The average Bonchev–Trinajstić information content (AvgIpc) is 2.33. The third-order valence-electron chi connectivity index (χ3n) is 4.34. The predicted molar refractivity (Wildman–Crippen MR) is 80.5 cm³/mol. The largest absolute Gasteiger partial charge is 0.381 e. The first-order valence-corrected chi connectivity index (χ1v) is 7.24. The first-order valence-electron chi connectivity index (χ1n) is 7.24. The number of ether oxygens (including phenoxy) is 1. The Morgan fingerprint density at radius 2 is 1.58 bits per heavy atom. The van der Waals surface area contributed by atoms with Gasteiger partial charge >= 0.3 is 0 Å². The molecule has 1 unspecified atom stereocenters. The van der Waals surface area contributed by atoms with Gasteiger partial charge in [0.2, 0.25) is 0 Å². The summed E-state index contributed by atoms with van der Waals surface area (Å²) in [5.41, 5.74) is 9.07. The lowest BCUT2D eigenvalue weighted by molar-refractivity contribution is -0.0441. The molecule has 1 aliphatic heterocycles. The highest BCUT2D eigenvalue weighted by atomic mass is 16.5. The molecule has 0 spiro atoms. The van der Waals surface area contributed by atoms with Crippen molar-refractivity contribution in [1.82, 2.24) is 0 Å². The van der Waals surface area contributed by atoms with Gasteiger partial charge in [-0.3, -0.25) is 0 Å². The molecule has 2 rings (SSSR count). The van der Waals surface area contributed by atoms with E-state index >= 15 is 0 Å². The maximum atomic E-state index is 6.05. The van der Waals surface area contributed by atoms with Crippen molar-refractivity contribution in [3.8, 4) is 0 Å². The average molecular weight is 261 g/mol. The van der Waals surface area contributed by atoms with Crippen LogP contribution < -0.4 is 5.73 Å². The molecular weight excluding hydrogens is 234 g/mol. The summed E-state index contributed by atoms with van der Waals surface area (Å²) < 4.78 is 5.28. The van der Waals surface area contributed by atoms with Crippen LogP contribution in [0.2, 0.25) is 0 Å². The second-order valence-electron chi connectivity index (χ2n) is 7.20. The summed E-state index contributed by atoms with van der Waals surface area (Å²) in [6, 6.07) is 9.01. The molecule has 1 heterocycles. The molecule has 0 radical (unpaired) electrons. The van der Waals surface area contributed by atoms with Gasteiger partial charge in [0, 0.05) is 17.9 Å². The van der Waals surface area contributed by atoms with Gasteiger partial charge < -0.3 is 10.5 Å². The Bertz CT molecular complexity index is 414. The summed E-state index contributed by atoms with van der Waals surface area (Å²) in [4.78, 5) is 0. The second-order valence-corrected chi connectivity index (χ2v) is 7.20. The minimum atomic E-state index is 0.0743. The first-order chi connectivity index (χ1) is 8.85. The maximum Gasteiger partial charge on any atom is 0.0516 e. The van der Waals surface area contributed by atoms with Crippen LogP contribution in [0.5, 0.6) is 0 Å². The third kappa shape index (κ3) is 3.18. The summed E-state index contributed by atoms with van der Waals surface area (Å²) in [5.74, 6) is 0.677. The van der Waals surface area contributed by atoms with E-state index in [9.17, 15) is 0 Å². The number of nitrogens with two attached hydrogens (primary N) is 1. The quantitative estimate of drug-likeness (QED) is 0.903. The summed E-state index contributed by atoms with van der Waals surface area (Å²) in [5, 5.41) is 0. The van der Waals surface area contributed by atoms with Crippen LogP contribution in [0.15, 0.2) is 24.3 Å². The standard InChI is InChI=1S/C17H27NO/c1-16(2,3)14-5-7-15(8-6-14)17(4,12-18)9-13-10-19-11-13/h5-8,13H,9-12,18H2,1-4H3. The molecule has 2 N–H and O–H groups in total. The zero-order valence-electron chi connectivity index (χ0n) is 12.7. The van der Waals surface area contributed by atoms with E-state index in [1.165, 1.54) is 11.1 Å². The van der Waals surface area contributed by atoms with E-state index in [4.69, 9.17) is 10.5 Å². The zero-order valence-corrected chi connectivity index (χ0v) is 12.7. The van der Waals surface area contributed by atoms with E-state index in [1.54, 1.807) is 0 Å². The van der Waals surface area contributed by atoms with Gasteiger partial charge in [0.15, 0.2) is 0 Å². The predicted octanol–water partition coefficient (Wildman–Crippen LogP) is 3.24. The number of hydrogen-bond acceptors (Lipinski definition) is 2. The minimum absolute atomic E-state index is 0.0743. The van der Waals surface area contributed by atoms with Gasteiger partial charge in [0.05, 0.1) is 13.2 Å². The molecule has 1 aromatic rings. The van der Waals surface area contributed by atoms with Gasteiger partial charge in [-0.15, -0.1) is 0 Å². The number of rotatable bonds is 4. The van der Waals surface area contributed by atoms with Gasteiger partial charge in [0.1, 0.15) is 0 Å². The molecule has 2 nitrogen and oxygen atoms in total. The van der Waals surface area contributed by atoms with Crippen molar-refractivity contribution in [2.24, 2.45) is 11.7 Å². The van der Waals surface area contributed by atoms with Crippen molar-refractivity contribution in [3.05, 3.63) is 35.4 Å². The highest BCUT2D eigenvalue weighted by Crippen LogP contribution is 2.34. The van der Waals surface area contributed by atoms with Crippen molar-refractivity contribution < 1.29 is 4.74 Å². The van der Waals surface area contributed by atoms with Crippen LogP contribution in [0.25, 0.3) is 0 Å². The fourth-order valence-corrected chi connectivity index (χ4v) is 2.73. The Hall–Kier alpha value is -0.860. The van der Waals surface area contributed by atoms with Crippen molar-refractivity contribution in [3.63, 3.8) is 0 Å². The SMILES string of the molecule is CC(C)(C)c1ccc(C(C)(CN)CC2COC2)cc1. The molecule has 0 saturated carbocycles. The molecule has 106 valence electrons. The van der Waals surface area contributed by atoms with E-state index in [-0.39, 0.29) is 10.8 Å². The number of hydrogen-bond donors (Lipinski definition) is 1. The van der Waals surface area contributed by atoms with Crippen LogP contribution in [0.4, 0.5) is 0 Å². The Balaban J connectivity index is 2.18. The maximum absolute atomic E-state index is 6.05. The normalized spacial score (nSPS) is 19.8. The molecule has 0 aromatic heterocycles. The monoisotopic (exact) mass is 261 g/mol. The van der Waals surface area contributed by atoms with Crippen LogP contribution in [0, 0.1) is 5.92 Å². The van der Waals surface area contributed by atoms with Crippen molar-refractivity contribution in [2.45, 2.75) is 44.9 Å². The van der Waals surface area contributed by atoms with E-state index in [0.29, 0.717) is 12.5 Å². The lowest BCUT2D eigenvalue weighted by Crippen LogP contribution is -2.39. The van der Waals surface area contributed by atoms with Crippen molar-refractivity contribution >= 4 is 0 Å². The van der Waals surface area contributed by atoms with Crippen LogP contribution >= 0.6 is 0 Å². The van der Waals surface area contributed by atoms with E-state index < -0.39 is 0 Å². The Labute approximate surface area is 117 Å². The molecule has 1 saturated heterocycles. The third-order valence-corrected chi connectivity index (χ3v) is 4.34. The van der Waals surface area contributed by atoms with Crippen LogP contribution in [-0.2, 0) is 15.6 Å². The second kappa shape index (κ2) is 5.26. The van der Waals surface area contributed by atoms with Crippen LogP contribution in [0.3, 0.4) is 0 Å². The topological polar surface area (TPSA) is 35.2 Å². The van der Waals surface area contributed by atoms with Gasteiger partial charge in [-0.2, -0.15) is 0 Å². The van der Waals surface area contributed by atoms with Crippen molar-refractivity contribution in [2.75, 3.05) is 19.8 Å². The molecule has 1 fully saturated rings. The molecule has 1 aromatic carbocycles. The minimum Gasteiger partial charge on any atom is -0.381 e. The molecule has 0 aliphatic carbocycles. The fraction of sp³-hybridized carbons (Fsp3) is 0.647. The highest BCUT2D eigenvalue weighted by molar-refractivity contribution is 5.32. The summed E-state index contributed by atoms with van der Waals surface area (Å²) in [6.45, 7) is 11.5. The number of benzene rings is 1. The smallest absolute Gasteiger partial charge is 0.0516 e. The first kappa shape index (κ1) is 14.5. The molecular formula is C17H27NO. The zero-order chi connectivity index (χ0) is 14.1. The van der Waals surface area contributed by atoms with Gasteiger partial charge in [0.25, 0.3) is 0 Å². The molecule has 1 atom stereocenters. The van der Waals surface area contributed by atoms with E-state index in [1.807, 2.05) is 0 Å². The Morgan fingerprint density at radius 3 is 1.95 bits per heavy atom. The lowest BCUT2D eigenvalue weighted by Gasteiger charge is -2.37. The van der Waals surface area contributed by atoms with Crippen LogP contribution in [-0.4, -0.2) is 19.8 Å². The molecule has 0 bridgehead atoms. The summed E-state index contributed by atoms with van der Waals surface area (Å²) in [7, 11) is 0. The van der Waals surface area contributed by atoms with Crippen LogP contribution in [0.1, 0.15) is 45.2 Å². The molecule has 0 amide bonds.